The lowest BCUT2D eigenvalue weighted by Gasteiger charge is -2.11. The first-order valence-corrected chi connectivity index (χ1v) is 7.28. The first kappa shape index (κ1) is 16.8. The molecule has 2 N–H and O–H groups in total. The molecular formula is C15H16ClN3O4. The number of nitrogens with zero attached hydrogens (tertiary/aromatic N) is 2. The van der Waals surface area contributed by atoms with Crippen molar-refractivity contribution in [1.82, 2.24) is 9.78 Å². The van der Waals surface area contributed by atoms with Crippen LogP contribution in [0.5, 0.6) is 5.75 Å². The molecule has 0 radical (unpaired) electrons. The van der Waals surface area contributed by atoms with E-state index in [0.717, 1.165) is 5.56 Å². The molecule has 0 spiro atoms. The van der Waals surface area contributed by atoms with Gasteiger partial charge in [-0.2, -0.15) is 5.10 Å². The Bertz CT molecular complexity index is 742. The van der Waals surface area contributed by atoms with Crippen molar-refractivity contribution in [2.75, 3.05) is 11.9 Å². The number of halogens is 1. The van der Waals surface area contributed by atoms with Crippen molar-refractivity contribution in [2.45, 2.75) is 20.4 Å². The first-order chi connectivity index (χ1) is 10.9. The Labute approximate surface area is 137 Å². The summed E-state index contributed by atoms with van der Waals surface area (Å²) in [4.78, 5) is 22.9. The molecule has 0 saturated heterocycles. The Morgan fingerprint density at radius 2 is 2.17 bits per heavy atom. The van der Waals surface area contributed by atoms with Gasteiger partial charge in [0.05, 0.1) is 11.2 Å². The first-order valence-electron chi connectivity index (χ1n) is 6.90. The van der Waals surface area contributed by atoms with Crippen molar-refractivity contribution in [3.05, 3.63) is 40.7 Å². The van der Waals surface area contributed by atoms with Gasteiger partial charge >= 0.3 is 5.97 Å². The quantitative estimate of drug-likeness (QED) is 0.845. The van der Waals surface area contributed by atoms with Gasteiger partial charge in [-0.1, -0.05) is 11.6 Å². The highest BCUT2D eigenvalue weighted by Gasteiger charge is 2.17. The molecule has 0 fully saturated rings. The van der Waals surface area contributed by atoms with Crippen LogP contribution in [0, 0.1) is 6.92 Å². The van der Waals surface area contributed by atoms with Gasteiger partial charge in [0.1, 0.15) is 11.4 Å². The van der Waals surface area contributed by atoms with Gasteiger partial charge in [0.15, 0.2) is 6.61 Å². The van der Waals surface area contributed by atoms with Crippen LogP contribution in [-0.2, 0) is 11.3 Å². The summed E-state index contributed by atoms with van der Waals surface area (Å²) in [5, 5.41) is 15.7. The van der Waals surface area contributed by atoms with E-state index in [9.17, 15) is 9.59 Å². The van der Waals surface area contributed by atoms with Crippen molar-refractivity contribution in [3.63, 3.8) is 0 Å². The number of aliphatic carboxylic acids is 1. The maximum atomic E-state index is 12.4. The molecule has 1 amide bonds. The predicted octanol–water partition coefficient (Wildman–Crippen LogP) is 2.58. The smallest absolute Gasteiger partial charge is 0.341 e. The summed E-state index contributed by atoms with van der Waals surface area (Å²) in [7, 11) is 0. The van der Waals surface area contributed by atoms with Gasteiger partial charge in [0.25, 0.3) is 5.91 Å². The average Bonchev–Trinajstić information content (AvgIpc) is 2.88. The summed E-state index contributed by atoms with van der Waals surface area (Å²) in [6.07, 6.45) is 1.43. The Balaban J connectivity index is 2.15. The second kappa shape index (κ2) is 7.15. The van der Waals surface area contributed by atoms with Gasteiger partial charge in [-0.05, 0) is 37.6 Å². The Kier molecular flexibility index (Phi) is 5.23. The highest BCUT2D eigenvalue weighted by Crippen LogP contribution is 2.23. The van der Waals surface area contributed by atoms with Crippen molar-refractivity contribution >= 4 is 29.2 Å². The number of nitrogens with one attached hydrogen (secondary N) is 1. The Hall–Kier alpha value is -2.54. The number of carbonyl (C=O) groups excluding carboxylic acids is 1. The number of carbonyl (C=O) groups is 2. The van der Waals surface area contributed by atoms with Crippen molar-refractivity contribution in [1.29, 1.82) is 0 Å². The normalized spacial score (nSPS) is 10.4. The number of carboxylic acids is 1. The minimum Gasteiger partial charge on any atom is -0.482 e. The molecule has 2 rings (SSSR count). The highest BCUT2D eigenvalue weighted by molar-refractivity contribution is 6.34. The molecule has 0 aliphatic heterocycles. The fraction of sp³-hybridized carbons (Fsp3) is 0.267. The van der Waals surface area contributed by atoms with Gasteiger partial charge < -0.3 is 15.2 Å². The van der Waals surface area contributed by atoms with Crippen LogP contribution in [0.25, 0.3) is 0 Å². The molecule has 0 bridgehead atoms. The zero-order valence-electron chi connectivity index (χ0n) is 12.7. The van der Waals surface area contributed by atoms with Crippen LogP contribution in [0.2, 0.25) is 5.02 Å². The highest BCUT2D eigenvalue weighted by atomic mass is 35.5. The fourth-order valence-corrected chi connectivity index (χ4v) is 2.25. The fourth-order valence-electron chi connectivity index (χ4n) is 2.02. The van der Waals surface area contributed by atoms with Crippen LogP contribution in [0.15, 0.2) is 24.4 Å². The summed E-state index contributed by atoms with van der Waals surface area (Å²) in [5.41, 5.74) is 1.61. The zero-order chi connectivity index (χ0) is 17.0. The van der Waals surface area contributed by atoms with Crippen LogP contribution >= 0.6 is 11.6 Å². The third kappa shape index (κ3) is 4.01. The number of anilines is 1. The summed E-state index contributed by atoms with van der Waals surface area (Å²) in [6, 6.07) is 4.88. The molecular weight excluding hydrogens is 322 g/mol. The van der Waals surface area contributed by atoms with Gasteiger partial charge in [0, 0.05) is 12.2 Å². The van der Waals surface area contributed by atoms with Crippen molar-refractivity contribution in [3.8, 4) is 5.75 Å². The van der Waals surface area contributed by atoms with Crippen LogP contribution in [0.3, 0.4) is 0 Å². The van der Waals surface area contributed by atoms with Crippen molar-refractivity contribution in [2.24, 2.45) is 0 Å². The van der Waals surface area contributed by atoms with Crippen LogP contribution < -0.4 is 10.1 Å². The molecule has 0 atom stereocenters. The number of hydrogen-bond donors (Lipinski definition) is 2. The van der Waals surface area contributed by atoms with Crippen LogP contribution in [0.4, 0.5) is 5.69 Å². The maximum Gasteiger partial charge on any atom is 0.341 e. The monoisotopic (exact) mass is 337 g/mol. The van der Waals surface area contributed by atoms with E-state index in [1.807, 2.05) is 6.92 Å². The SMILES string of the molecule is CCn1ncc(Cl)c1C(=O)Nc1ccc(OCC(=O)O)cc1C. The predicted molar refractivity (Wildman–Crippen MR) is 85.2 cm³/mol. The standard InChI is InChI=1S/C15H16ClN3O4/c1-3-19-14(11(16)7-17-19)15(22)18-12-5-4-10(6-9(12)2)23-8-13(20)21/h4-7H,3,8H2,1-2H3,(H,18,22)(H,20,21). The molecule has 8 heteroatoms. The Morgan fingerprint density at radius 3 is 2.78 bits per heavy atom. The number of carboxylic acid groups (broad SMARTS) is 1. The lowest BCUT2D eigenvalue weighted by atomic mass is 10.2. The van der Waals surface area contributed by atoms with Gasteiger partial charge in [0.2, 0.25) is 0 Å². The van der Waals surface area contributed by atoms with Gasteiger partial charge in [-0.25, -0.2) is 4.79 Å². The largest absolute Gasteiger partial charge is 0.482 e. The van der Waals surface area contributed by atoms with Crippen LogP contribution in [0.1, 0.15) is 23.0 Å². The third-order valence-electron chi connectivity index (χ3n) is 3.12. The molecule has 23 heavy (non-hydrogen) atoms. The molecule has 0 saturated carbocycles. The number of amides is 1. The maximum absolute atomic E-state index is 12.4. The second-order valence-electron chi connectivity index (χ2n) is 4.77. The van der Waals surface area contributed by atoms with Crippen molar-refractivity contribution < 1.29 is 19.4 Å². The number of benzene rings is 1. The molecule has 2 aromatic rings. The molecule has 0 aliphatic carbocycles. The van der Waals surface area contributed by atoms with E-state index in [4.69, 9.17) is 21.4 Å². The summed E-state index contributed by atoms with van der Waals surface area (Å²) >= 11 is 6.00. The number of hydrogen-bond acceptors (Lipinski definition) is 4. The molecule has 0 aliphatic rings. The second-order valence-corrected chi connectivity index (χ2v) is 5.18. The topological polar surface area (TPSA) is 93.5 Å². The number of rotatable bonds is 6. The summed E-state index contributed by atoms with van der Waals surface area (Å²) in [6.45, 7) is 3.74. The van der Waals surface area contributed by atoms with E-state index < -0.39 is 12.6 Å². The molecule has 7 nitrogen and oxygen atoms in total. The van der Waals surface area contributed by atoms with E-state index in [2.05, 4.69) is 10.4 Å². The number of ether oxygens (including phenoxy) is 1. The van der Waals surface area contributed by atoms with E-state index in [-0.39, 0.29) is 10.9 Å². The number of aryl methyl sites for hydroxylation is 2. The molecule has 1 aromatic carbocycles. The van der Waals surface area contributed by atoms with E-state index in [1.54, 1.807) is 25.1 Å². The van der Waals surface area contributed by atoms with E-state index in [0.29, 0.717) is 23.7 Å². The average molecular weight is 338 g/mol. The number of aromatic nitrogens is 2. The lowest BCUT2D eigenvalue weighted by molar-refractivity contribution is -0.139. The zero-order valence-corrected chi connectivity index (χ0v) is 13.4. The van der Waals surface area contributed by atoms with E-state index in [1.165, 1.54) is 10.9 Å². The molecule has 1 heterocycles. The summed E-state index contributed by atoms with van der Waals surface area (Å²) in [5.74, 6) is -1.00. The molecule has 1 aromatic heterocycles. The summed E-state index contributed by atoms with van der Waals surface area (Å²) < 4.78 is 6.60. The van der Waals surface area contributed by atoms with E-state index >= 15 is 0 Å². The lowest BCUT2D eigenvalue weighted by Crippen LogP contribution is -2.18. The Morgan fingerprint density at radius 1 is 1.43 bits per heavy atom. The van der Waals surface area contributed by atoms with Gasteiger partial charge in [-0.3, -0.25) is 9.48 Å². The van der Waals surface area contributed by atoms with Crippen LogP contribution in [-0.4, -0.2) is 33.4 Å². The third-order valence-corrected chi connectivity index (χ3v) is 3.39. The minimum absolute atomic E-state index is 0.281. The minimum atomic E-state index is -1.05. The molecule has 0 unspecified atom stereocenters. The van der Waals surface area contributed by atoms with Gasteiger partial charge in [-0.15, -0.1) is 0 Å². The molecule has 122 valence electrons.